The Bertz CT molecular complexity index is 559. The summed E-state index contributed by atoms with van der Waals surface area (Å²) in [5, 5.41) is 0.844. The minimum absolute atomic E-state index is 0.192. The van der Waals surface area contributed by atoms with Crippen LogP contribution in [0.5, 0.6) is 0 Å². The summed E-state index contributed by atoms with van der Waals surface area (Å²) in [6.07, 6.45) is 11.0. The van der Waals surface area contributed by atoms with E-state index in [1.165, 1.54) is 44.3 Å². The molecule has 0 aromatic carbocycles. The van der Waals surface area contributed by atoms with Gasteiger partial charge >= 0.3 is 0 Å². The fourth-order valence-corrected chi connectivity index (χ4v) is 9.23. The highest BCUT2D eigenvalue weighted by Gasteiger charge is 2.50. The van der Waals surface area contributed by atoms with Gasteiger partial charge in [0.15, 0.2) is 0 Å². The molecule has 2 saturated carbocycles. The van der Waals surface area contributed by atoms with Gasteiger partial charge in [-0.15, -0.1) is 0 Å². The number of rotatable bonds is 9. The van der Waals surface area contributed by atoms with E-state index in [0.717, 1.165) is 59.2 Å². The number of hydrogen-bond acceptors (Lipinski definition) is 1. The van der Waals surface area contributed by atoms with Crippen LogP contribution in [-0.4, -0.2) is 16.7 Å². The SMILES string of the molecule is C=C(C)[C@@](F)(CC(C)C)C1CCC(C2SCC(C(C)C(C)CC)C2C2CCC2)CC1. The quantitative estimate of drug-likeness (QED) is 0.325. The molecule has 0 aromatic heterocycles. The molecule has 0 spiro atoms. The van der Waals surface area contributed by atoms with E-state index >= 15 is 4.39 Å². The van der Waals surface area contributed by atoms with Crippen molar-refractivity contribution in [1.29, 1.82) is 0 Å². The Morgan fingerprint density at radius 3 is 2.13 bits per heavy atom. The molecule has 1 aliphatic heterocycles. The zero-order chi connectivity index (χ0) is 22.1. The van der Waals surface area contributed by atoms with E-state index < -0.39 is 5.67 Å². The third kappa shape index (κ3) is 4.99. The molecule has 1 heterocycles. The van der Waals surface area contributed by atoms with Crippen molar-refractivity contribution >= 4 is 11.8 Å². The summed E-state index contributed by atoms with van der Waals surface area (Å²) in [5.41, 5.74) is -0.382. The van der Waals surface area contributed by atoms with Crippen LogP contribution >= 0.6 is 11.8 Å². The maximum absolute atomic E-state index is 16.0. The molecule has 1 saturated heterocycles. The molecule has 0 N–H and O–H groups in total. The largest absolute Gasteiger partial charge is 0.239 e. The Hall–Kier alpha value is 0.0200. The average molecular weight is 437 g/mol. The van der Waals surface area contributed by atoms with Gasteiger partial charge in [-0.25, -0.2) is 4.39 Å². The summed E-state index contributed by atoms with van der Waals surface area (Å²) in [5.74, 6) is 7.29. The second kappa shape index (κ2) is 10.3. The first-order valence-electron chi connectivity index (χ1n) is 13.1. The van der Waals surface area contributed by atoms with Crippen LogP contribution in [0.25, 0.3) is 0 Å². The number of alkyl halides is 1. The third-order valence-corrected chi connectivity index (χ3v) is 11.2. The van der Waals surface area contributed by atoms with Crippen molar-refractivity contribution in [3.05, 3.63) is 12.2 Å². The van der Waals surface area contributed by atoms with Crippen LogP contribution in [0.1, 0.15) is 99.3 Å². The summed E-state index contributed by atoms with van der Waals surface area (Å²) in [6, 6.07) is 0. The summed E-state index contributed by atoms with van der Waals surface area (Å²) in [7, 11) is 0. The number of hydrogen-bond donors (Lipinski definition) is 0. The van der Waals surface area contributed by atoms with Crippen LogP contribution in [-0.2, 0) is 0 Å². The van der Waals surface area contributed by atoms with E-state index in [1.807, 2.05) is 6.92 Å². The normalized spacial score (nSPS) is 36.9. The molecule has 0 radical (unpaired) electrons. The Kier molecular flexibility index (Phi) is 8.47. The zero-order valence-corrected chi connectivity index (χ0v) is 21.6. The van der Waals surface area contributed by atoms with Crippen LogP contribution in [0.2, 0.25) is 0 Å². The maximum Gasteiger partial charge on any atom is 0.134 e. The standard InChI is InChI=1S/C28H49FS/c1-8-20(6)21(7)25-17-30-27(26(25)22-10-9-11-22)23-12-14-24(15-13-23)28(29,19(4)5)16-18(2)3/h18,20-27H,4,8-17H2,1-3,5-7H3/t20?,21?,23?,24?,25?,26?,27?,28-/m0/s1. The molecular formula is C28H49FS. The zero-order valence-electron chi connectivity index (χ0n) is 20.8. The van der Waals surface area contributed by atoms with Crippen molar-refractivity contribution in [2.75, 3.05) is 5.75 Å². The lowest BCUT2D eigenvalue weighted by atomic mass is 9.61. The van der Waals surface area contributed by atoms with Crippen molar-refractivity contribution in [2.24, 2.45) is 47.3 Å². The second-order valence-corrected chi connectivity index (χ2v) is 13.0. The molecule has 2 heteroatoms. The van der Waals surface area contributed by atoms with Gasteiger partial charge in [0.25, 0.3) is 0 Å². The molecule has 174 valence electrons. The highest BCUT2D eigenvalue weighted by Crippen LogP contribution is 2.56. The Morgan fingerprint density at radius 2 is 1.67 bits per heavy atom. The van der Waals surface area contributed by atoms with Gasteiger partial charge < -0.3 is 0 Å². The molecule has 3 rings (SSSR count). The highest BCUT2D eigenvalue weighted by atomic mass is 32.2. The molecule has 5 unspecified atom stereocenters. The van der Waals surface area contributed by atoms with Crippen LogP contribution in [0.4, 0.5) is 4.39 Å². The summed E-state index contributed by atoms with van der Waals surface area (Å²) in [4.78, 5) is 0. The average Bonchev–Trinajstić information content (AvgIpc) is 3.09. The van der Waals surface area contributed by atoms with E-state index in [2.05, 4.69) is 53.0 Å². The molecule has 3 fully saturated rings. The van der Waals surface area contributed by atoms with Crippen molar-refractivity contribution in [3.8, 4) is 0 Å². The van der Waals surface area contributed by atoms with Gasteiger partial charge in [-0.3, -0.25) is 0 Å². The molecular weight excluding hydrogens is 387 g/mol. The van der Waals surface area contributed by atoms with Gasteiger partial charge in [-0.05, 0) is 97.7 Å². The van der Waals surface area contributed by atoms with Gasteiger partial charge in [-0.2, -0.15) is 11.8 Å². The molecule has 2 aliphatic carbocycles. The minimum Gasteiger partial charge on any atom is -0.239 e. The molecule has 0 bridgehead atoms. The number of thioether (sulfide) groups is 1. The first-order valence-corrected chi connectivity index (χ1v) is 14.2. The van der Waals surface area contributed by atoms with E-state index in [1.54, 1.807) is 0 Å². The Balaban J connectivity index is 1.67. The second-order valence-electron chi connectivity index (χ2n) is 11.8. The predicted octanol–water partition coefficient (Wildman–Crippen LogP) is 8.95. The lowest BCUT2D eigenvalue weighted by Gasteiger charge is -2.45. The Labute approximate surface area is 191 Å². The van der Waals surface area contributed by atoms with E-state index in [4.69, 9.17) is 0 Å². The van der Waals surface area contributed by atoms with Gasteiger partial charge in [-0.1, -0.05) is 66.9 Å². The lowest BCUT2D eigenvalue weighted by Crippen LogP contribution is -2.42. The van der Waals surface area contributed by atoms with Crippen LogP contribution in [0.15, 0.2) is 12.2 Å². The first-order chi connectivity index (χ1) is 14.2. The molecule has 3 aliphatic rings. The first kappa shape index (κ1) is 24.7. The van der Waals surface area contributed by atoms with Crippen molar-refractivity contribution in [2.45, 2.75) is 110 Å². The van der Waals surface area contributed by atoms with Gasteiger partial charge in [0.1, 0.15) is 5.67 Å². The molecule has 0 aromatic rings. The number of halogens is 1. The summed E-state index contributed by atoms with van der Waals surface area (Å²) in [6.45, 7) is 17.7. The van der Waals surface area contributed by atoms with E-state index in [0.29, 0.717) is 12.3 Å². The Morgan fingerprint density at radius 1 is 1.03 bits per heavy atom. The van der Waals surface area contributed by atoms with Gasteiger partial charge in [0, 0.05) is 5.25 Å². The van der Waals surface area contributed by atoms with E-state index in [-0.39, 0.29) is 5.92 Å². The molecule has 0 amide bonds. The lowest BCUT2D eigenvalue weighted by molar-refractivity contribution is 0.0455. The smallest absolute Gasteiger partial charge is 0.134 e. The monoisotopic (exact) mass is 436 g/mol. The summed E-state index contributed by atoms with van der Waals surface area (Å²) >= 11 is 2.31. The van der Waals surface area contributed by atoms with Crippen molar-refractivity contribution in [1.82, 2.24) is 0 Å². The highest BCUT2D eigenvalue weighted by molar-refractivity contribution is 8.00. The predicted molar refractivity (Wildman–Crippen MR) is 133 cm³/mol. The fourth-order valence-electron chi connectivity index (χ4n) is 7.07. The third-order valence-electron chi connectivity index (χ3n) is 9.56. The minimum atomic E-state index is -1.15. The van der Waals surface area contributed by atoms with Gasteiger partial charge in [0.2, 0.25) is 0 Å². The van der Waals surface area contributed by atoms with Crippen LogP contribution in [0, 0.1) is 47.3 Å². The van der Waals surface area contributed by atoms with Crippen molar-refractivity contribution in [3.63, 3.8) is 0 Å². The summed E-state index contributed by atoms with van der Waals surface area (Å²) < 4.78 is 16.0. The molecule has 30 heavy (non-hydrogen) atoms. The van der Waals surface area contributed by atoms with Crippen molar-refractivity contribution < 1.29 is 4.39 Å². The van der Waals surface area contributed by atoms with E-state index in [9.17, 15) is 0 Å². The topological polar surface area (TPSA) is 0 Å². The maximum atomic E-state index is 16.0. The number of allylic oxidation sites excluding steroid dienone is 1. The fraction of sp³-hybridized carbons (Fsp3) is 0.929. The molecule has 6 atom stereocenters. The molecule has 0 nitrogen and oxygen atoms in total. The van der Waals surface area contributed by atoms with Crippen LogP contribution in [0.3, 0.4) is 0 Å². The van der Waals surface area contributed by atoms with Gasteiger partial charge in [0.05, 0.1) is 0 Å². The van der Waals surface area contributed by atoms with Crippen LogP contribution < -0.4 is 0 Å².